The van der Waals surface area contributed by atoms with Gasteiger partial charge in [0.15, 0.2) is 11.5 Å². The van der Waals surface area contributed by atoms with Crippen molar-refractivity contribution < 1.29 is 14.2 Å². The van der Waals surface area contributed by atoms with Gasteiger partial charge in [-0.1, -0.05) is 26.0 Å². The molecule has 1 aromatic carbocycles. The van der Waals surface area contributed by atoms with Crippen LogP contribution in [-0.4, -0.2) is 26.4 Å². The van der Waals surface area contributed by atoms with E-state index < -0.39 is 0 Å². The van der Waals surface area contributed by atoms with Crippen molar-refractivity contribution in [2.24, 2.45) is 11.7 Å². The van der Waals surface area contributed by atoms with Crippen LogP contribution in [0.1, 0.15) is 32.8 Å². The number of ether oxygens (including phenoxy) is 3. The summed E-state index contributed by atoms with van der Waals surface area (Å²) in [5, 5.41) is 0. The smallest absolute Gasteiger partial charge is 0.165 e. The third kappa shape index (κ3) is 5.80. The van der Waals surface area contributed by atoms with Crippen LogP contribution in [0.2, 0.25) is 0 Å². The predicted molar refractivity (Wildman–Crippen MR) is 81.3 cm³/mol. The third-order valence-corrected chi connectivity index (χ3v) is 2.89. The number of rotatable bonds is 10. The van der Waals surface area contributed by atoms with E-state index in [1.807, 2.05) is 25.1 Å². The zero-order chi connectivity index (χ0) is 14.8. The van der Waals surface area contributed by atoms with Crippen LogP contribution in [0, 0.1) is 5.92 Å². The Morgan fingerprint density at radius 2 is 1.90 bits per heavy atom. The van der Waals surface area contributed by atoms with E-state index in [1.54, 1.807) is 0 Å². The highest BCUT2D eigenvalue weighted by Crippen LogP contribution is 2.31. The summed E-state index contributed by atoms with van der Waals surface area (Å²) in [7, 11) is 0. The lowest BCUT2D eigenvalue weighted by Crippen LogP contribution is -2.11. The molecule has 0 saturated heterocycles. The summed E-state index contributed by atoms with van der Waals surface area (Å²) in [5.41, 5.74) is 6.69. The molecule has 2 N–H and O–H groups in total. The lowest BCUT2D eigenvalue weighted by Gasteiger charge is -2.15. The fraction of sp³-hybridized carbons (Fsp3) is 0.625. The topological polar surface area (TPSA) is 53.7 Å². The van der Waals surface area contributed by atoms with Crippen molar-refractivity contribution in [1.29, 1.82) is 0 Å². The molecule has 0 aromatic heterocycles. The van der Waals surface area contributed by atoms with Crippen LogP contribution in [0.15, 0.2) is 18.2 Å². The Balaban J connectivity index is 2.45. The number of nitrogens with two attached hydrogens (primary N) is 1. The Labute approximate surface area is 122 Å². The monoisotopic (exact) mass is 281 g/mol. The van der Waals surface area contributed by atoms with Gasteiger partial charge in [0.25, 0.3) is 0 Å². The predicted octanol–water partition coefficient (Wildman–Crippen LogP) is 2.99. The molecule has 0 unspecified atom stereocenters. The van der Waals surface area contributed by atoms with Gasteiger partial charge < -0.3 is 19.9 Å². The lowest BCUT2D eigenvalue weighted by atomic mass is 10.1. The molecule has 0 amide bonds. The molecule has 1 rings (SSSR count). The molecule has 0 bridgehead atoms. The van der Waals surface area contributed by atoms with E-state index in [2.05, 4.69) is 13.8 Å². The molecule has 114 valence electrons. The van der Waals surface area contributed by atoms with E-state index in [-0.39, 0.29) is 0 Å². The van der Waals surface area contributed by atoms with E-state index in [0.717, 1.165) is 30.1 Å². The van der Waals surface area contributed by atoms with Gasteiger partial charge in [-0.2, -0.15) is 0 Å². The maximum atomic E-state index is 5.79. The van der Waals surface area contributed by atoms with Crippen LogP contribution in [0.3, 0.4) is 0 Å². The van der Waals surface area contributed by atoms with Gasteiger partial charge in [-0.3, -0.25) is 0 Å². The van der Waals surface area contributed by atoms with Gasteiger partial charge in [0.2, 0.25) is 0 Å². The zero-order valence-electron chi connectivity index (χ0n) is 12.9. The highest BCUT2D eigenvalue weighted by Gasteiger charge is 2.09. The average molecular weight is 281 g/mol. The Hall–Kier alpha value is -1.26. The maximum Gasteiger partial charge on any atom is 0.165 e. The van der Waals surface area contributed by atoms with E-state index in [0.29, 0.717) is 32.3 Å². The fourth-order valence-corrected chi connectivity index (χ4v) is 1.78. The molecule has 0 aliphatic carbocycles. The molecule has 4 nitrogen and oxygen atoms in total. The fourth-order valence-electron chi connectivity index (χ4n) is 1.78. The Bertz CT molecular complexity index is 380. The normalized spacial score (nSPS) is 10.8. The van der Waals surface area contributed by atoms with Crippen molar-refractivity contribution in [2.75, 3.05) is 26.4 Å². The summed E-state index contributed by atoms with van der Waals surface area (Å²) < 4.78 is 16.9. The third-order valence-electron chi connectivity index (χ3n) is 2.89. The summed E-state index contributed by atoms with van der Waals surface area (Å²) in [4.78, 5) is 0. The van der Waals surface area contributed by atoms with Gasteiger partial charge >= 0.3 is 0 Å². The summed E-state index contributed by atoms with van der Waals surface area (Å²) in [6.07, 6.45) is 1.07. The second-order valence-corrected chi connectivity index (χ2v) is 5.02. The van der Waals surface area contributed by atoms with Crippen molar-refractivity contribution in [1.82, 2.24) is 0 Å². The Morgan fingerprint density at radius 3 is 2.55 bits per heavy atom. The van der Waals surface area contributed by atoms with E-state index in [9.17, 15) is 0 Å². The van der Waals surface area contributed by atoms with Crippen molar-refractivity contribution in [3.05, 3.63) is 23.8 Å². The second kappa shape index (κ2) is 9.61. The molecule has 0 heterocycles. The quantitative estimate of drug-likeness (QED) is 0.670. The first-order chi connectivity index (χ1) is 9.69. The van der Waals surface area contributed by atoms with E-state index in [4.69, 9.17) is 19.9 Å². The second-order valence-electron chi connectivity index (χ2n) is 5.02. The zero-order valence-corrected chi connectivity index (χ0v) is 12.9. The number of hydrogen-bond donors (Lipinski definition) is 1. The number of benzene rings is 1. The van der Waals surface area contributed by atoms with Gasteiger partial charge in [0.05, 0.1) is 13.2 Å². The molecular weight excluding hydrogens is 254 g/mol. The van der Waals surface area contributed by atoms with Gasteiger partial charge in [-0.05, 0) is 25.3 Å². The summed E-state index contributed by atoms with van der Waals surface area (Å²) in [5.74, 6) is 2.15. The standard InChI is InChI=1S/C16H27NO3/c1-4-19-15-7-5-6-14(12-17)16(15)20-11-10-18-9-8-13(2)3/h5-7,13H,4,8-12,17H2,1-3H3. The maximum absolute atomic E-state index is 5.79. The Morgan fingerprint density at radius 1 is 1.10 bits per heavy atom. The highest BCUT2D eigenvalue weighted by molar-refractivity contribution is 5.46. The first kappa shape index (κ1) is 16.8. The van der Waals surface area contributed by atoms with Crippen LogP contribution in [0.5, 0.6) is 11.5 Å². The first-order valence-electron chi connectivity index (χ1n) is 7.34. The SMILES string of the molecule is CCOc1cccc(CN)c1OCCOCCC(C)C. The minimum atomic E-state index is 0.435. The van der Waals surface area contributed by atoms with Crippen molar-refractivity contribution >= 4 is 0 Å². The van der Waals surface area contributed by atoms with Gasteiger partial charge in [0.1, 0.15) is 6.61 Å². The van der Waals surface area contributed by atoms with Crippen LogP contribution in [-0.2, 0) is 11.3 Å². The van der Waals surface area contributed by atoms with Gasteiger partial charge in [-0.25, -0.2) is 0 Å². The van der Waals surface area contributed by atoms with E-state index in [1.165, 1.54) is 0 Å². The van der Waals surface area contributed by atoms with Gasteiger partial charge in [0, 0.05) is 18.7 Å². The Kier molecular flexibility index (Phi) is 8.07. The van der Waals surface area contributed by atoms with Crippen molar-refractivity contribution in [3.8, 4) is 11.5 Å². The minimum Gasteiger partial charge on any atom is -0.490 e. The molecule has 0 aliphatic heterocycles. The van der Waals surface area contributed by atoms with Crippen molar-refractivity contribution in [2.45, 2.75) is 33.7 Å². The molecule has 0 spiro atoms. The molecule has 4 heteroatoms. The molecular formula is C16H27NO3. The van der Waals surface area contributed by atoms with Crippen molar-refractivity contribution in [3.63, 3.8) is 0 Å². The molecule has 0 fully saturated rings. The van der Waals surface area contributed by atoms with Crippen LogP contribution >= 0.6 is 0 Å². The highest BCUT2D eigenvalue weighted by atomic mass is 16.5. The first-order valence-corrected chi connectivity index (χ1v) is 7.34. The average Bonchev–Trinajstić information content (AvgIpc) is 2.43. The largest absolute Gasteiger partial charge is 0.490 e. The van der Waals surface area contributed by atoms with Gasteiger partial charge in [-0.15, -0.1) is 0 Å². The molecule has 0 aliphatic rings. The van der Waals surface area contributed by atoms with Crippen LogP contribution < -0.4 is 15.2 Å². The number of para-hydroxylation sites is 1. The lowest BCUT2D eigenvalue weighted by molar-refractivity contribution is 0.0910. The molecule has 0 saturated carbocycles. The van der Waals surface area contributed by atoms with Crippen LogP contribution in [0.25, 0.3) is 0 Å². The molecule has 0 radical (unpaired) electrons. The van der Waals surface area contributed by atoms with E-state index >= 15 is 0 Å². The molecule has 0 atom stereocenters. The molecule has 1 aromatic rings. The van der Waals surface area contributed by atoms with Crippen LogP contribution in [0.4, 0.5) is 0 Å². The number of hydrogen-bond acceptors (Lipinski definition) is 4. The summed E-state index contributed by atoms with van der Waals surface area (Å²) >= 11 is 0. The summed E-state index contributed by atoms with van der Waals surface area (Å²) in [6.45, 7) is 9.23. The minimum absolute atomic E-state index is 0.435. The molecule has 20 heavy (non-hydrogen) atoms. The summed E-state index contributed by atoms with van der Waals surface area (Å²) in [6, 6.07) is 5.79.